The predicted octanol–water partition coefficient (Wildman–Crippen LogP) is 4.65. The van der Waals surface area contributed by atoms with Gasteiger partial charge in [0, 0.05) is 5.56 Å². The van der Waals surface area contributed by atoms with Gasteiger partial charge in [-0.15, -0.1) is 11.3 Å². The Morgan fingerprint density at radius 3 is 2.67 bits per heavy atom. The lowest BCUT2D eigenvalue weighted by molar-refractivity contribution is 0.493. The highest BCUT2D eigenvalue weighted by atomic mass is 127. The zero-order valence-electron chi connectivity index (χ0n) is 10.9. The summed E-state index contributed by atoms with van der Waals surface area (Å²) in [7, 11) is 0. The number of thiophene rings is 1. The first kappa shape index (κ1) is 14.1. The molecule has 2 aromatic heterocycles. The molecule has 0 spiro atoms. The number of nitrogens with one attached hydrogen (secondary N) is 1. The Bertz CT molecular complexity index is 518. The topological polar surface area (TPSA) is 25.2 Å². The van der Waals surface area contributed by atoms with Crippen LogP contribution >= 0.6 is 33.9 Å². The van der Waals surface area contributed by atoms with Crippen molar-refractivity contribution < 1.29 is 4.42 Å². The monoisotopic (exact) mass is 375 g/mol. The fourth-order valence-electron chi connectivity index (χ4n) is 2.11. The second kappa shape index (κ2) is 6.21. The van der Waals surface area contributed by atoms with E-state index in [9.17, 15) is 0 Å². The van der Waals surface area contributed by atoms with Gasteiger partial charge in [0.05, 0.1) is 8.93 Å². The van der Waals surface area contributed by atoms with E-state index >= 15 is 0 Å². The zero-order valence-corrected chi connectivity index (χ0v) is 13.9. The Labute approximate surface area is 126 Å². The van der Waals surface area contributed by atoms with Gasteiger partial charge in [0.1, 0.15) is 11.5 Å². The minimum atomic E-state index is 0.252. The lowest BCUT2D eigenvalue weighted by Crippen LogP contribution is -2.22. The highest BCUT2D eigenvalue weighted by Crippen LogP contribution is 2.30. The van der Waals surface area contributed by atoms with Crippen LogP contribution in [0.5, 0.6) is 0 Å². The van der Waals surface area contributed by atoms with Crippen molar-refractivity contribution in [1.29, 1.82) is 0 Å². The molecule has 2 aromatic rings. The molecule has 2 nitrogen and oxygen atoms in total. The maximum absolute atomic E-state index is 5.67. The highest BCUT2D eigenvalue weighted by Gasteiger charge is 2.19. The summed E-state index contributed by atoms with van der Waals surface area (Å²) in [4.78, 5) is 0. The van der Waals surface area contributed by atoms with Crippen molar-refractivity contribution in [3.63, 3.8) is 0 Å². The Hall–Kier alpha value is -0.330. The molecule has 0 saturated carbocycles. The van der Waals surface area contributed by atoms with E-state index in [1.54, 1.807) is 11.3 Å². The maximum Gasteiger partial charge on any atom is 0.106 e. The van der Waals surface area contributed by atoms with Crippen LogP contribution in [-0.4, -0.2) is 6.54 Å². The van der Waals surface area contributed by atoms with Crippen molar-refractivity contribution in [3.05, 3.63) is 43.0 Å². The van der Waals surface area contributed by atoms with Crippen molar-refractivity contribution in [1.82, 2.24) is 5.32 Å². The molecule has 0 fully saturated rings. The molecule has 98 valence electrons. The van der Waals surface area contributed by atoms with Gasteiger partial charge in [-0.25, -0.2) is 0 Å². The number of hydrogen-bond acceptors (Lipinski definition) is 3. The summed E-state index contributed by atoms with van der Waals surface area (Å²) >= 11 is 4.16. The third-order valence-electron chi connectivity index (χ3n) is 2.91. The molecule has 0 bridgehead atoms. The van der Waals surface area contributed by atoms with E-state index in [4.69, 9.17) is 4.42 Å². The van der Waals surface area contributed by atoms with Crippen LogP contribution in [0.2, 0.25) is 0 Å². The highest BCUT2D eigenvalue weighted by molar-refractivity contribution is 14.1. The van der Waals surface area contributed by atoms with Crippen molar-refractivity contribution in [2.75, 3.05) is 6.54 Å². The summed E-state index contributed by atoms with van der Waals surface area (Å²) in [6.45, 7) is 7.25. The van der Waals surface area contributed by atoms with Crippen LogP contribution < -0.4 is 5.32 Å². The summed E-state index contributed by atoms with van der Waals surface area (Å²) in [5.41, 5.74) is 2.59. The summed E-state index contributed by atoms with van der Waals surface area (Å²) in [5, 5.41) is 5.85. The second-order valence-corrected chi connectivity index (χ2v) is 7.25. The molecular formula is C14H18INOS. The van der Waals surface area contributed by atoms with Crippen LogP contribution in [0.4, 0.5) is 0 Å². The first-order valence-corrected chi connectivity index (χ1v) is 8.12. The van der Waals surface area contributed by atoms with Crippen LogP contribution in [0.15, 0.2) is 21.9 Å². The lowest BCUT2D eigenvalue weighted by atomic mass is 10.0. The number of hydrogen-bond donors (Lipinski definition) is 1. The van der Waals surface area contributed by atoms with E-state index in [1.165, 1.54) is 14.0 Å². The molecule has 0 amide bonds. The number of aryl methyl sites for hydroxylation is 2. The summed E-state index contributed by atoms with van der Waals surface area (Å²) in [6, 6.07) is 4.65. The SMILES string of the molecule is CCCNC(c1csc(I)c1)c1cc(C)oc1C. The van der Waals surface area contributed by atoms with Crippen molar-refractivity contribution >= 4 is 33.9 Å². The van der Waals surface area contributed by atoms with Crippen molar-refractivity contribution in [2.45, 2.75) is 33.2 Å². The van der Waals surface area contributed by atoms with Gasteiger partial charge in [-0.3, -0.25) is 0 Å². The van der Waals surface area contributed by atoms with Gasteiger partial charge in [0.15, 0.2) is 0 Å². The molecule has 0 aliphatic heterocycles. The normalized spacial score (nSPS) is 12.9. The van der Waals surface area contributed by atoms with Gasteiger partial charge in [-0.1, -0.05) is 6.92 Å². The largest absolute Gasteiger partial charge is 0.466 e. The number of rotatable bonds is 5. The zero-order chi connectivity index (χ0) is 13.1. The fourth-order valence-corrected chi connectivity index (χ4v) is 3.51. The Kier molecular flexibility index (Phi) is 4.86. The number of furan rings is 1. The Morgan fingerprint density at radius 1 is 1.39 bits per heavy atom. The second-order valence-electron chi connectivity index (χ2n) is 4.44. The smallest absolute Gasteiger partial charge is 0.106 e. The number of halogens is 1. The minimum Gasteiger partial charge on any atom is -0.466 e. The molecule has 2 heterocycles. The molecule has 1 N–H and O–H groups in total. The summed E-state index contributed by atoms with van der Waals surface area (Å²) in [5.74, 6) is 2.00. The molecule has 0 saturated heterocycles. The van der Waals surface area contributed by atoms with Crippen LogP contribution in [0, 0.1) is 16.7 Å². The van der Waals surface area contributed by atoms with Crippen LogP contribution in [0.3, 0.4) is 0 Å². The molecule has 0 aliphatic carbocycles. The molecule has 0 radical (unpaired) electrons. The van der Waals surface area contributed by atoms with Gasteiger partial charge in [0.2, 0.25) is 0 Å². The summed E-state index contributed by atoms with van der Waals surface area (Å²) < 4.78 is 6.99. The van der Waals surface area contributed by atoms with E-state index in [0.29, 0.717) is 0 Å². The average Bonchev–Trinajstić information content (AvgIpc) is 2.87. The standard InChI is InChI=1S/C14H18INOS/c1-4-5-16-14(11-7-13(15)18-8-11)12-6-9(2)17-10(12)3/h6-8,14,16H,4-5H2,1-3H3. The molecule has 4 heteroatoms. The average molecular weight is 375 g/mol. The van der Waals surface area contributed by atoms with Gasteiger partial charge >= 0.3 is 0 Å². The van der Waals surface area contributed by atoms with Gasteiger partial charge in [-0.2, -0.15) is 0 Å². The molecule has 0 aromatic carbocycles. The maximum atomic E-state index is 5.67. The molecule has 1 unspecified atom stereocenters. The lowest BCUT2D eigenvalue weighted by Gasteiger charge is -2.17. The van der Waals surface area contributed by atoms with Gasteiger partial charge in [-0.05, 0) is 72.5 Å². The van der Waals surface area contributed by atoms with E-state index in [-0.39, 0.29) is 6.04 Å². The Morgan fingerprint density at radius 2 is 2.17 bits per heavy atom. The molecular weight excluding hydrogens is 357 g/mol. The third-order valence-corrected chi connectivity index (χ3v) is 4.72. The van der Waals surface area contributed by atoms with Crippen molar-refractivity contribution in [2.24, 2.45) is 0 Å². The van der Waals surface area contributed by atoms with Gasteiger partial charge in [0.25, 0.3) is 0 Å². The van der Waals surface area contributed by atoms with E-state index in [0.717, 1.165) is 24.5 Å². The minimum absolute atomic E-state index is 0.252. The van der Waals surface area contributed by atoms with E-state index in [1.807, 2.05) is 13.8 Å². The van der Waals surface area contributed by atoms with E-state index in [2.05, 4.69) is 52.3 Å². The van der Waals surface area contributed by atoms with E-state index < -0.39 is 0 Å². The third kappa shape index (κ3) is 3.16. The van der Waals surface area contributed by atoms with Crippen LogP contribution in [0.25, 0.3) is 0 Å². The van der Waals surface area contributed by atoms with Gasteiger partial charge < -0.3 is 9.73 Å². The van der Waals surface area contributed by atoms with Crippen LogP contribution in [0.1, 0.15) is 42.0 Å². The fraction of sp³-hybridized carbons (Fsp3) is 0.429. The quantitative estimate of drug-likeness (QED) is 0.770. The first-order chi connectivity index (χ1) is 8.61. The predicted molar refractivity (Wildman–Crippen MR) is 85.4 cm³/mol. The molecule has 18 heavy (non-hydrogen) atoms. The molecule has 1 atom stereocenters. The Balaban J connectivity index is 2.33. The molecule has 2 rings (SSSR count). The van der Waals surface area contributed by atoms with Crippen molar-refractivity contribution in [3.8, 4) is 0 Å². The van der Waals surface area contributed by atoms with Crippen LogP contribution in [-0.2, 0) is 0 Å². The molecule has 0 aliphatic rings. The first-order valence-electron chi connectivity index (χ1n) is 6.16. The summed E-state index contributed by atoms with van der Waals surface area (Å²) in [6.07, 6.45) is 1.13.